The highest BCUT2D eigenvalue weighted by atomic mass is 16.5. The zero-order valence-corrected chi connectivity index (χ0v) is 15.2. The molecule has 0 unspecified atom stereocenters. The van der Waals surface area contributed by atoms with E-state index in [4.69, 9.17) is 9.47 Å². The summed E-state index contributed by atoms with van der Waals surface area (Å²) in [6.07, 6.45) is 9.59. The number of benzene rings is 1. The van der Waals surface area contributed by atoms with Crippen LogP contribution < -0.4 is 9.47 Å². The standard InChI is InChI=1S/C21H28O3/c1-5-6-7-8-17(22)10-9-16-14-21(2,3)15-24-20-12-11-18(23-4)13-19(16)20/h9-14H,5-8,15H2,1-4H3. The van der Waals surface area contributed by atoms with Gasteiger partial charge in [-0.3, -0.25) is 4.79 Å². The van der Waals surface area contributed by atoms with E-state index in [1.807, 2.05) is 24.3 Å². The Bertz CT molecular complexity index is 638. The van der Waals surface area contributed by atoms with E-state index in [9.17, 15) is 4.79 Å². The van der Waals surface area contributed by atoms with Crippen LogP contribution >= 0.6 is 0 Å². The highest BCUT2D eigenvalue weighted by Crippen LogP contribution is 2.37. The van der Waals surface area contributed by atoms with Gasteiger partial charge in [0.2, 0.25) is 0 Å². The van der Waals surface area contributed by atoms with Crippen LogP contribution in [0.1, 0.15) is 52.0 Å². The molecule has 2 rings (SSSR count). The topological polar surface area (TPSA) is 35.5 Å². The minimum absolute atomic E-state index is 0.100. The van der Waals surface area contributed by atoms with Crippen molar-refractivity contribution in [2.45, 2.75) is 46.5 Å². The first kappa shape index (κ1) is 18.3. The maximum atomic E-state index is 12.1. The van der Waals surface area contributed by atoms with E-state index in [0.29, 0.717) is 13.0 Å². The van der Waals surface area contributed by atoms with Crippen molar-refractivity contribution in [3.63, 3.8) is 0 Å². The van der Waals surface area contributed by atoms with Gasteiger partial charge in [-0.1, -0.05) is 45.8 Å². The summed E-state index contributed by atoms with van der Waals surface area (Å²) in [5, 5.41) is 0. The quantitative estimate of drug-likeness (QED) is 0.509. The summed E-state index contributed by atoms with van der Waals surface area (Å²) in [4.78, 5) is 12.1. The third-order valence-electron chi connectivity index (χ3n) is 4.12. The second-order valence-electron chi connectivity index (χ2n) is 7.00. The first-order chi connectivity index (χ1) is 11.4. The lowest BCUT2D eigenvalue weighted by atomic mass is 9.90. The minimum Gasteiger partial charge on any atom is -0.497 e. The molecule has 3 nitrogen and oxygen atoms in total. The van der Waals surface area contributed by atoms with Gasteiger partial charge in [-0.2, -0.15) is 0 Å². The first-order valence-electron chi connectivity index (χ1n) is 8.70. The first-order valence-corrected chi connectivity index (χ1v) is 8.70. The largest absolute Gasteiger partial charge is 0.497 e. The molecule has 3 heteroatoms. The van der Waals surface area contributed by atoms with Crippen molar-refractivity contribution in [3.8, 4) is 11.5 Å². The van der Waals surface area contributed by atoms with E-state index >= 15 is 0 Å². The Kier molecular flexibility index (Phi) is 6.24. The molecule has 24 heavy (non-hydrogen) atoms. The zero-order valence-electron chi connectivity index (χ0n) is 15.2. The van der Waals surface area contributed by atoms with Gasteiger partial charge < -0.3 is 9.47 Å². The molecule has 0 radical (unpaired) electrons. The Labute approximate surface area is 145 Å². The Morgan fingerprint density at radius 2 is 2.12 bits per heavy atom. The SMILES string of the molecule is CCCCCC(=O)C=CC1=CC(C)(C)COc2ccc(OC)cc21. The van der Waals surface area contributed by atoms with Gasteiger partial charge in [-0.25, -0.2) is 0 Å². The summed E-state index contributed by atoms with van der Waals surface area (Å²) in [7, 11) is 1.65. The molecule has 0 spiro atoms. The molecule has 1 aromatic rings. The maximum Gasteiger partial charge on any atom is 0.155 e. The summed E-state index contributed by atoms with van der Waals surface area (Å²) in [5.41, 5.74) is 1.88. The van der Waals surface area contributed by atoms with Gasteiger partial charge in [0, 0.05) is 17.4 Å². The van der Waals surface area contributed by atoms with E-state index in [1.165, 1.54) is 0 Å². The Morgan fingerprint density at radius 3 is 2.83 bits per heavy atom. The molecule has 0 N–H and O–H groups in total. The lowest BCUT2D eigenvalue weighted by molar-refractivity contribution is -0.114. The molecule has 1 aromatic carbocycles. The fraction of sp³-hybridized carbons (Fsp3) is 0.476. The number of rotatable bonds is 7. The van der Waals surface area contributed by atoms with Crippen molar-refractivity contribution in [2.24, 2.45) is 5.41 Å². The molecule has 0 saturated carbocycles. The molecule has 0 amide bonds. The predicted molar refractivity (Wildman–Crippen MR) is 98.5 cm³/mol. The van der Waals surface area contributed by atoms with Crippen molar-refractivity contribution in [1.29, 1.82) is 0 Å². The summed E-state index contributed by atoms with van der Waals surface area (Å²) >= 11 is 0. The third-order valence-corrected chi connectivity index (χ3v) is 4.12. The highest BCUT2D eigenvalue weighted by Gasteiger charge is 2.23. The van der Waals surface area contributed by atoms with Gasteiger partial charge in [0.25, 0.3) is 0 Å². The highest BCUT2D eigenvalue weighted by molar-refractivity contribution is 5.93. The van der Waals surface area contributed by atoms with E-state index in [-0.39, 0.29) is 11.2 Å². The molecule has 1 aliphatic heterocycles. The van der Waals surface area contributed by atoms with Crippen LogP contribution in [0.4, 0.5) is 0 Å². The Hall–Kier alpha value is -2.03. The molecule has 0 aromatic heterocycles. The average molecular weight is 328 g/mol. The van der Waals surface area contributed by atoms with Gasteiger partial charge in [0.15, 0.2) is 5.78 Å². The molecule has 130 valence electrons. The number of ether oxygens (including phenoxy) is 2. The van der Waals surface area contributed by atoms with Gasteiger partial charge in [0.05, 0.1) is 13.7 Å². The van der Waals surface area contributed by atoms with Crippen molar-refractivity contribution in [2.75, 3.05) is 13.7 Å². The Morgan fingerprint density at radius 1 is 1.33 bits per heavy atom. The van der Waals surface area contributed by atoms with Gasteiger partial charge >= 0.3 is 0 Å². The summed E-state index contributed by atoms with van der Waals surface area (Å²) < 4.78 is 11.3. The number of carbonyl (C=O) groups is 1. The molecular formula is C21H28O3. The monoisotopic (exact) mass is 328 g/mol. The summed E-state index contributed by atoms with van der Waals surface area (Å²) in [6, 6.07) is 5.79. The van der Waals surface area contributed by atoms with Crippen LogP contribution in [0, 0.1) is 5.41 Å². The molecule has 0 fully saturated rings. The molecule has 0 aliphatic carbocycles. The number of fused-ring (bicyclic) bond motifs is 1. The molecule has 0 atom stereocenters. The number of methoxy groups -OCH3 is 1. The van der Waals surface area contributed by atoms with Gasteiger partial charge in [0.1, 0.15) is 11.5 Å². The normalized spacial score (nSPS) is 16.1. The van der Waals surface area contributed by atoms with Crippen molar-refractivity contribution < 1.29 is 14.3 Å². The van der Waals surface area contributed by atoms with Crippen molar-refractivity contribution in [3.05, 3.63) is 42.0 Å². The van der Waals surface area contributed by atoms with E-state index < -0.39 is 0 Å². The van der Waals surface area contributed by atoms with Crippen LogP contribution in [0.2, 0.25) is 0 Å². The number of carbonyl (C=O) groups excluding carboxylic acids is 1. The lowest BCUT2D eigenvalue weighted by Gasteiger charge is -2.18. The molecule has 1 aliphatic rings. The van der Waals surface area contributed by atoms with Gasteiger partial charge in [-0.05, 0) is 36.3 Å². The van der Waals surface area contributed by atoms with Crippen LogP contribution in [0.3, 0.4) is 0 Å². The number of unbranched alkanes of at least 4 members (excludes halogenated alkanes) is 2. The van der Waals surface area contributed by atoms with Crippen molar-refractivity contribution in [1.82, 2.24) is 0 Å². The predicted octanol–water partition coefficient (Wildman–Crippen LogP) is 5.20. The number of hydrogen-bond donors (Lipinski definition) is 0. The van der Waals surface area contributed by atoms with Gasteiger partial charge in [-0.15, -0.1) is 0 Å². The second kappa shape index (κ2) is 8.18. The lowest BCUT2D eigenvalue weighted by Crippen LogP contribution is -2.17. The third kappa shape index (κ3) is 4.98. The molecule has 0 bridgehead atoms. The van der Waals surface area contributed by atoms with E-state index in [2.05, 4.69) is 26.8 Å². The Balaban J connectivity index is 2.28. The van der Waals surface area contributed by atoms with Crippen LogP contribution in [-0.2, 0) is 4.79 Å². The summed E-state index contributed by atoms with van der Waals surface area (Å²) in [6.45, 7) is 7.01. The average Bonchev–Trinajstić information content (AvgIpc) is 2.69. The van der Waals surface area contributed by atoms with Crippen LogP contribution in [0.15, 0.2) is 36.4 Å². The van der Waals surface area contributed by atoms with Crippen LogP contribution in [0.25, 0.3) is 5.57 Å². The zero-order chi connectivity index (χ0) is 17.6. The smallest absolute Gasteiger partial charge is 0.155 e. The minimum atomic E-state index is -0.100. The van der Waals surface area contributed by atoms with E-state index in [0.717, 1.165) is 41.9 Å². The number of hydrogen-bond acceptors (Lipinski definition) is 3. The summed E-state index contributed by atoms with van der Waals surface area (Å²) in [5.74, 6) is 1.79. The molecule has 0 saturated heterocycles. The second-order valence-corrected chi connectivity index (χ2v) is 7.00. The number of ketones is 1. The maximum absolute atomic E-state index is 12.1. The number of allylic oxidation sites excluding steroid dienone is 3. The van der Waals surface area contributed by atoms with E-state index in [1.54, 1.807) is 13.2 Å². The fourth-order valence-corrected chi connectivity index (χ4v) is 2.74. The molecule has 1 heterocycles. The fourth-order valence-electron chi connectivity index (χ4n) is 2.74. The van der Waals surface area contributed by atoms with Crippen molar-refractivity contribution >= 4 is 11.4 Å². The van der Waals surface area contributed by atoms with Crippen LogP contribution in [-0.4, -0.2) is 19.5 Å². The molecular weight excluding hydrogens is 300 g/mol. The van der Waals surface area contributed by atoms with Crippen LogP contribution in [0.5, 0.6) is 11.5 Å².